The molecule has 1 heterocycles. The maximum atomic E-state index is 11.9. The predicted molar refractivity (Wildman–Crippen MR) is 107 cm³/mol. The first kappa shape index (κ1) is 18.2. The molecule has 0 spiro atoms. The van der Waals surface area contributed by atoms with Crippen molar-refractivity contribution < 1.29 is 9.53 Å². The van der Waals surface area contributed by atoms with E-state index in [-0.39, 0.29) is 12.5 Å². The van der Waals surface area contributed by atoms with E-state index in [0.717, 1.165) is 12.2 Å². The molecule has 2 aromatic rings. The Balaban J connectivity index is 1.38. The molecule has 1 N–H and O–H groups in total. The number of amides is 1. The van der Waals surface area contributed by atoms with Crippen molar-refractivity contribution >= 4 is 29.4 Å². The van der Waals surface area contributed by atoms with Crippen LogP contribution in [0.4, 0.5) is 0 Å². The van der Waals surface area contributed by atoms with Crippen molar-refractivity contribution in [2.24, 2.45) is 0 Å². The van der Waals surface area contributed by atoms with E-state index in [2.05, 4.69) is 29.6 Å². The summed E-state index contributed by atoms with van der Waals surface area (Å²) in [6.45, 7) is 0.683. The summed E-state index contributed by atoms with van der Waals surface area (Å²) >= 11 is 4.01. The normalized spacial score (nSPS) is 14.9. The molecule has 1 amide bonds. The van der Waals surface area contributed by atoms with Crippen molar-refractivity contribution in [1.29, 1.82) is 0 Å². The van der Waals surface area contributed by atoms with Gasteiger partial charge in [0.05, 0.1) is 4.58 Å². The smallest absolute Gasteiger partial charge is 0.257 e. The summed E-state index contributed by atoms with van der Waals surface area (Å²) in [7, 11) is 0. The van der Waals surface area contributed by atoms with Crippen LogP contribution in [0.2, 0.25) is 0 Å². The molecule has 0 unspecified atom stereocenters. The quantitative estimate of drug-likeness (QED) is 0.786. The van der Waals surface area contributed by atoms with Gasteiger partial charge in [0.2, 0.25) is 0 Å². The highest BCUT2D eigenvalue weighted by Crippen LogP contribution is 2.43. The minimum absolute atomic E-state index is 0.0566. The van der Waals surface area contributed by atoms with Crippen molar-refractivity contribution in [2.45, 2.75) is 17.4 Å². The van der Waals surface area contributed by atoms with Crippen LogP contribution in [0.3, 0.4) is 0 Å². The van der Waals surface area contributed by atoms with E-state index in [0.29, 0.717) is 11.1 Å². The van der Waals surface area contributed by atoms with E-state index in [1.807, 2.05) is 53.9 Å². The minimum atomic E-state index is -0.0848. The molecule has 1 aliphatic heterocycles. The van der Waals surface area contributed by atoms with Gasteiger partial charge in [-0.05, 0) is 47.6 Å². The van der Waals surface area contributed by atoms with Crippen LogP contribution in [0.25, 0.3) is 0 Å². The molecule has 132 valence electrons. The fourth-order valence-corrected chi connectivity index (χ4v) is 5.49. The Morgan fingerprint density at radius 2 is 1.76 bits per heavy atom. The lowest BCUT2D eigenvalue weighted by atomic mass is 10.1. The van der Waals surface area contributed by atoms with Gasteiger partial charge in [0.15, 0.2) is 6.61 Å². The average Bonchev–Trinajstić information content (AvgIpc) is 2.68. The third-order valence-corrected chi connectivity index (χ3v) is 6.94. The summed E-state index contributed by atoms with van der Waals surface area (Å²) in [5, 5.41) is 2.89. The first-order valence-corrected chi connectivity index (χ1v) is 10.7. The van der Waals surface area contributed by atoms with Crippen molar-refractivity contribution in [1.82, 2.24) is 5.32 Å². The van der Waals surface area contributed by atoms with Crippen molar-refractivity contribution in [3.63, 3.8) is 0 Å². The molecule has 3 rings (SSSR count). The summed E-state index contributed by atoms with van der Waals surface area (Å²) < 4.78 is 6.12. The van der Waals surface area contributed by atoms with Crippen LogP contribution >= 0.6 is 23.5 Å². The molecule has 0 aromatic heterocycles. The van der Waals surface area contributed by atoms with E-state index < -0.39 is 0 Å². The van der Waals surface area contributed by atoms with Gasteiger partial charge < -0.3 is 10.1 Å². The van der Waals surface area contributed by atoms with Gasteiger partial charge in [-0.15, -0.1) is 23.5 Å². The molecule has 25 heavy (non-hydrogen) atoms. The largest absolute Gasteiger partial charge is 0.484 e. The predicted octanol–water partition coefficient (Wildman–Crippen LogP) is 4.29. The van der Waals surface area contributed by atoms with Crippen LogP contribution in [0.15, 0.2) is 54.6 Å². The van der Waals surface area contributed by atoms with Gasteiger partial charge in [0.1, 0.15) is 5.75 Å². The molecule has 0 aliphatic carbocycles. The van der Waals surface area contributed by atoms with Crippen LogP contribution in [-0.4, -0.2) is 30.6 Å². The number of nitrogens with one attached hydrogen (secondary N) is 1. The average molecular weight is 374 g/mol. The van der Waals surface area contributed by atoms with Gasteiger partial charge in [-0.3, -0.25) is 4.79 Å². The molecule has 5 heteroatoms. The second-order valence-electron chi connectivity index (χ2n) is 5.87. The molecule has 1 fully saturated rings. The Hall–Kier alpha value is -1.59. The van der Waals surface area contributed by atoms with E-state index in [9.17, 15) is 4.79 Å². The number of carbonyl (C=O) groups is 1. The van der Waals surface area contributed by atoms with Gasteiger partial charge in [-0.1, -0.05) is 42.5 Å². The van der Waals surface area contributed by atoms with E-state index in [1.54, 1.807) is 0 Å². The van der Waals surface area contributed by atoms with Crippen LogP contribution in [0.5, 0.6) is 5.75 Å². The highest BCUT2D eigenvalue weighted by Gasteiger charge is 2.16. The molecule has 0 saturated carbocycles. The maximum absolute atomic E-state index is 11.9. The van der Waals surface area contributed by atoms with Crippen LogP contribution in [0, 0.1) is 0 Å². The second-order valence-corrected chi connectivity index (χ2v) is 8.59. The number of carbonyl (C=O) groups excluding carboxylic acids is 1. The number of ether oxygens (including phenoxy) is 1. The zero-order chi connectivity index (χ0) is 17.3. The fourth-order valence-electron chi connectivity index (χ4n) is 2.59. The molecule has 2 aromatic carbocycles. The zero-order valence-electron chi connectivity index (χ0n) is 14.1. The Kier molecular flexibility index (Phi) is 7.12. The molecular weight excluding hydrogens is 350 g/mol. The van der Waals surface area contributed by atoms with Gasteiger partial charge in [-0.25, -0.2) is 0 Å². The third-order valence-electron chi connectivity index (χ3n) is 3.93. The number of benzene rings is 2. The SMILES string of the molecule is O=C(COc1ccc(C2SCCCS2)cc1)NCCc1ccccc1. The number of hydrogen-bond donors (Lipinski definition) is 1. The molecule has 3 nitrogen and oxygen atoms in total. The highest BCUT2D eigenvalue weighted by molar-refractivity contribution is 8.16. The van der Waals surface area contributed by atoms with Crippen LogP contribution in [-0.2, 0) is 11.2 Å². The third kappa shape index (κ3) is 6.01. The molecule has 0 bridgehead atoms. The zero-order valence-corrected chi connectivity index (χ0v) is 15.8. The Bertz CT molecular complexity index is 655. The summed E-state index contributed by atoms with van der Waals surface area (Å²) in [5.74, 6) is 3.13. The molecule has 0 radical (unpaired) electrons. The summed E-state index contributed by atoms with van der Waals surface area (Å²) in [4.78, 5) is 11.9. The Morgan fingerprint density at radius 3 is 2.48 bits per heavy atom. The molecule has 1 aliphatic rings. The van der Waals surface area contributed by atoms with Crippen molar-refractivity contribution in [3.8, 4) is 5.75 Å². The Labute approximate surface area is 157 Å². The topological polar surface area (TPSA) is 38.3 Å². The van der Waals surface area contributed by atoms with Crippen LogP contribution in [0.1, 0.15) is 22.1 Å². The van der Waals surface area contributed by atoms with Crippen molar-refractivity contribution in [3.05, 3.63) is 65.7 Å². The maximum Gasteiger partial charge on any atom is 0.257 e. The summed E-state index contributed by atoms with van der Waals surface area (Å²) in [6, 6.07) is 18.3. The van der Waals surface area contributed by atoms with E-state index in [1.165, 1.54) is 29.1 Å². The monoisotopic (exact) mass is 373 g/mol. The van der Waals surface area contributed by atoms with E-state index in [4.69, 9.17) is 4.74 Å². The Morgan fingerprint density at radius 1 is 1.04 bits per heavy atom. The standard InChI is InChI=1S/C20H23NO2S2/c22-19(21-12-11-16-5-2-1-3-6-16)15-23-18-9-7-17(8-10-18)20-24-13-4-14-25-20/h1-3,5-10,20H,4,11-15H2,(H,21,22). The molecule has 1 saturated heterocycles. The van der Waals surface area contributed by atoms with Gasteiger partial charge in [0.25, 0.3) is 5.91 Å². The summed E-state index contributed by atoms with van der Waals surface area (Å²) in [5.41, 5.74) is 2.55. The number of rotatable bonds is 7. The second kappa shape index (κ2) is 9.78. The van der Waals surface area contributed by atoms with Crippen LogP contribution < -0.4 is 10.1 Å². The molecular formula is C20H23NO2S2. The lowest BCUT2D eigenvalue weighted by Gasteiger charge is -2.21. The van der Waals surface area contributed by atoms with E-state index >= 15 is 0 Å². The van der Waals surface area contributed by atoms with Gasteiger partial charge in [0, 0.05) is 6.54 Å². The number of hydrogen-bond acceptors (Lipinski definition) is 4. The number of thioether (sulfide) groups is 2. The van der Waals surface area contributed by atoms with Gasteiger partial charge in [-0.2, -0.15) is 0 Å². The first-order valence-electron chi connectivity index (χ1n) is 8.58. The lowest BCUT2D eigenvalue weighted by molar-refractivity contribution is -0.123. The van der Waals surface area contributed by atoms with Crippen molar-refractivity contribution in [2.75, 3.05) is 24.7 Å². The fraction of sp³-hybridized carbons (Fsp3) is 0.350. The first-order chi connectivity index (χ1) is 12.3. The lowest BCUT2D eigenvalue weighted by Crippen LogP contribution is -2.30. The molecule has 0 atom stereocenters. The summed E-state index contributed by atoms with van der Waals surface area (Å²) in [6.07, 6.45) is 2.13. The minimum Gasteiger partial charge on any atom is -0.484 e. The highest BCUT2D eigenvalue weighted by atomic mass is 32.2. The van der Waals surface area contributed by atoms with Gasteiger partial charge >= 0.3 is 0 Å².